The number of halogens is 2. The van der Waals surface area contributed by atoms with Crippen LogP contribution in [0.25, 0.3) is 0 Å². The first-order valence-corrected chi connectivity index (χ1v) is 9.21. The molecule has 118 valence electrons. The van der Waals surface area contributed by atoms with Crippen molar-refractivity contribution < 1.29 is 10.2 Å². The van der Waals surface area contributed by atoms with Gasteiger partial charge in [-0.3, -0.25) is 4.90 Å². The van der Waals surface area contributed by atoms with E-state index in [1.165, 1.54) is 0 Å². The highest BCUT2D eigenvalue weighted by Gasteiger charge is 2.32. The standard InChI is InChI=1S/C15H22I2N2O2/c1-18(2)10-15(21)3-5-19(6-4-15)9-11-7-12(16)8-13(17)14(11)20/h7-8,20-21H,3-6,9-10H2,1-2H3. The van der Waals surface area contributed by atoms with Crippen molar-refractivity contribution in [3.63, 3.8) is 0 Å². The summed E-state index contributed by atoms with van der Waals surface area (Å²) in [6, 6.07) is 4.02. The van der Waals surface area contributed by atoms with E-state index in [1.54, 1.807) is 0 Å². The van der Waals surface area contributed by atoms with Crippen LogP contribution in [0.1, 0.15) is 18.4 Å². The average Bonchev–Trinajstić information content (AvgIpc) is 2.37. The molecule has 1 aromatic carbocycles. The molecule has 0 aliphatic carbocycles. The molecule has 0 saturated carbocycles. The fraction of sp³-hybridized carbons (Fsp3) is 0.600. The van der Waals surface area contributed by atoms with Crippen molar-refractivity contribution in [2.75, 3.05) is 33.7 Å². The molecule has 0 unspecified atom stereocenters. The van der Waals surface area contributed by atoms with E-state index in [1.807, 2.05) is 31.1 Å². The van der Waals surface area contributed by atoms with Gasteiger partial charge in [-0.25, -0.2) is 0 Å². The van der Waals surface area contributed by atoms with Crippen molar-refractivity contribution in [1.29, 1.82) is 0 Å². The fourth-order valence-electron chi connectivity index (χ4n) is 2.85. The second-order valence-electron chi connectivity index (χ2n) is 6.13. The Balaban J connectivity index is 1.98. The number of phenolic OH excluding ortho intramolecular Hbond substituents is 1. The van der Waals surface area contributed by atoms with Crippen LogP contribution in [0.5, 0.6) is 5.75 Å². The minimum absolute atomic E-state index is 0.394. The number of phenols is 1. The summed E-state index contributed by atoms with van der Waals surface area (Å²) in [5, 5.41) is 20.7. The zero-order valence-electron chi connectivity index (χ0n) is 12.4. The average molecular weight is 516 g/mol. The number of rotatable bonds is 4. The quantitative estimate of drug-likeness (QED) is 0.605. The van der Waals surface area contributed by atoms with E-state index in [0.717, 1.165) is 45.2 Å². The summed E-state index contributed by atoms with van der Waals surface area (Å²) in [5.74, 6) is 0.394. The Labute approximate surface area is 153 Å². The SMILES string of the molecule is CN(C)CC1(O)CCN(Cc2cc(I)cc(I)c2O)CC1. The first-order chi connectivity index (χ1) is 9.79. The van der Waals surface area contributed by atoms with Gasteiger partial charge in [-0.15, -0.1) is 0 Å². The van der Waals surface area contributed by atoms with Gasteiger partial charge in [-0.1, -0.05) is 0 Å². The molecule has 1 aliphatic heterocycles. The highest BCUT2D eigenvalue weighted by Crippen LogP contribution is 2.30. The number of aliphatic hydroxyl groups is 1. The molecule has 21 heavy (non-hydrogen) atoms. The molecule has 2 N–H and O–H groups in total. The van der Waals surface area contributed by atoms with Gasteiger partial charge < -0.3 is 15.1 Å². The third kappa shape index (κ3) is 4.92. The van der Waals surface area contributed by atoms with Crippen LogP contribution in [0, 0.1) is 7.14 Å². The van der Waals surface area contributed by atoms with E-state index in [-0.39, 0.29) is 0 Å². The first-order valence-electron chi connectivity index (χ1n) is 7.05. The Hall–Kier alpha value is 0.360. The van der Waals surface area contributed by atoms with Crippen molar-refractivity contribution in [3.8, 4) is 5.75 Å². The minimum atomic E-state index is -0.568. The highest BCUT2D eigenvalue weighted by atomic mass is 127. The molecule has 1 heterocycles. The molecule has 1 aromatic rings. The lowest BCUT2D eigenvalue weighted by Crippen LogP contribution is -2.49. The van der Waals surface area contributed by atoms with Gasteiger partial charge in [0.1, 0.15) is 5.75 Å². The van der Waals surface area contributed by atoms with Gasteiger partial charge in [0, 0.05) is 35.3 Å². The zero-order chi connectivity index (χ0) is 15.6. The van der Waals surface area contributed by atoms with Gasteiger partial charge in [0.2, 0.25) is 0 Å². The number of benzene rings is 1. The smallest absolute Gasteiger partial charge is 0.133 e. The van der Waals surface area contributed by atoms with Crippen molar-refractivity contribution in [2.24, 2.45) is 0 Å². The predicted molar refractivity (Wildman–Crippen MR) is 102 cm³/mol. The number of piperidine rings is 1. The Morgan fingerprint density at radius 1 is 1.24 bits per heavy atom. The summed E-state index contributed by atoms with van der Waals surface area (Å²) >= 11 is 4.45. The predicted octanol–water partition coefficient (Wildman–Crippen LogP) is 2.49. The third-order valence-corrected chi connectivity index (χ3v) is 5.34. The molecule has 2 rings (SSSR count). The molecule has 0 amide bonds. The molecule has 0 spiro atoms. The molecule has 4 nitrogen and oxygen atoms in total. The molecule has 0 bridgehead atoms. The normalized spacial score (nSPS) is 19.1. The number of likely N-dealkylation sites (tertiary alicyclic amines) is 1. The van der Waals surface area contributed by atoms with E-state index in [9.17, 15) is 10.2 Å². The molecule has 0 atom stereocenters. The maximum absolute atomic E-state index is 10.5. The maximum Gasteiger partial charge on any atom is 0.133 e. The summed E-state index contributed by atoms with van der Waals surface area (Å²) in [5.41, 5.74) is 0.408. The second kappa shape index (κ2) is 7.29. The van der Waals surface area contributed by atoms with E-state index in [4.69, 9.17) is 0 Å². The molecular formula is C15H22I2N2O2. The van der Waals surface area contributed by atoms with Crippen molar-refractivity contribution >= 4 is 45.2 Å². The maximum atomic E-state index is 10.5. The van der Waals surface area contributed by atoms with Gasteiger partial charge in [0.05, 0.1) is 9.17 Å². The fourth-order valence-corrected chi connectivity index (χ4v) is 4.82. The Kier molecular flexibility index (Phi) is 6.15. The van der Waals surface area contributed by atoms with E-state index in [2.05, 4.69) is 50.1 Å². The summed E-state index contributed by atoms with van der Waals surface area (Å²) in [6.07, 6.45) is 1.57. The van der Waals surface area contributed by atoms with Crippen LogP contribution >= 0.6 is 45.2 Å². The minimum Gasteiger partial charge on any atom is -0.507 e. The number of hydrogen-bond donors (Lipinski definition) is 2. The van der Waals surface area contributed by atoms with Crippen LogP contribution in [-0.2, 0) is 6.54 Å². The van der Waals surface area contributed by atoms with Crippen molar-refractivity contribution in [2.45, 2.75) is 25.0 Å². The van der Waals surface area contributed by atoms with E-state index < -0.39 is 5.60 Å². The van der Waals surface area contributed by atoms with Crippen LogP contribution in [-0.4, -0.2) is 59.3 Å². The van der Waals surface area contributed by atoms with Crippen molar-refractivity contribution in [1.82, 2.24) is 9.80 Å². The summed E-state index contributed by atoms with van der Waals surface area (Å²) in [4.78, 5) is 4.36. The monoisotopic (exact) mass is 516 g/mol. The summed E-state index contributed by atoms with van der Waals surface area (Å²) in [7, 11) is 3.99. The van der Waals surface area contributed by atoms with Crippen LogP contribution in [0.3, 0.4) is 0 Å². The van der Waals surface area contributed by atoms with Crippen LogP contribution in [0.2, 0.25) is 0 Å². The Bertz CT molecular complexity index is 501. The molecule has 1 aliphatic rings. The van der Waals surface area contributed by atoms with Crippen LogP contribution in [0.15, 0.2) is 12.1 Å². The summed E-state index contributed by atoms with van der Waals surface area (Å²) < 4.78 is 2.04. The lowest BCUT2D eigenvalue weighted by molar-refractivity contribution is -0.0388. The number of hydrogen-bond acceptors (Lipinski definition) is 4. The second-order valence-corrected chi connectivity index (χ2v) is 8.54. The van der Waals surface area contributed by atoms with E-state index >= 15 is 0 Å². The lowest BCUT2D eigenvalue weighted by Gasteiger charge is -2.39. The molecule has 1 fully saturated rings. The number of likely N-dealkylation sites (N-methyl/N-ethyl adjacent to an activating group) is 1. The zero-order valence-corrected chi connectivity index (χ0v) is 16.8. The molecular weight excluding hydrogens is 494 g/mol. The number of aromatic hydroxyl groups is 1. The van der Waals surface area contributed by atoms with Gasteiger partial charge in [-0.2, -0.15) is 0 Å². The molecule has 1 saturated heterocycles. The molecule has 6 heteroatoms. The van der Waals surface area contributed by atoms with Gasteiger partial charge in [0.25, 0.3) is 0 Å². The molecule has 0 radical (unpaired) electrons. The Morgan fingerprint density at radius 3 is 2.43 bits per heavy atom. The Morgan fingerprint density at radius 2 is 1.86 bits per heavy atom. The summed E-state index contributed by atoms with van der Waals surface area (Å²) in [6.45, 7) is 3.20. The lowest BCUT2D eigenvalue weighted by atomic mass is 9.90. The third-order valence-electron chi connectivity index (χ3n) is 3.90. The van der Waals surface area contributed by atoms with Crippen LogP contribution < -0.4 is 0 Å². The first kappa shape index (κ1) is 17.7. The van der Waals surface area contributed by atoms with Crippen molar-refractivity contribution in [3.05, 3.63) is 24.8 Å². The molecule has 0 aromatic heterocycles. The van der Waals surface area contributed by atoms with Crippen LogP contribution in [0.4, 0.5) is 0 Å². The van der Waals surface area contributed by atoms with E-state index in [0.29, 0.717) is 12.3 Å². The largest absolute Gasteiger partial charge is 0.507 e. The topological polar surface area (TPSA) is 46.9 Å². The van der Waals surface area contributed by atoms with Gasteiger partial charge in [-0.05, 0) is 84.3 Å². The van der Waals surface area contributed by atoms with Gasteiger partial charge >= 0.3 is 0 Å². The highest BCUT2D eigenvalue weighted by molar-refractivity contribution is 14.1. The van der Waals surface area contributed by atoms with Gasteiger partial charge in [0.15, 0.2) is 0 Å². The number of nitrogens with zero attached hydrogens (tertiary/aromatic N) is 2.